The Kier molecular flexibility index (Phi) is 5.00. The highest BCUT2D eigenvalue weighted by Crippen LogP contribution is 2.14. The lowest BCUT2D eigenvalue weighted by Crippen LogP contribution is -2.53. The van der Waals surface area contributed by atoms with Crippen LogP contribution in [-0.2, 0) is 4.79 Å². The standard InChI is InChI=1S/C17H20FN5O/c1-13(16(24)21-15-5-2-4-14(18)12-15)22-8-10-23(11-9-22)17-19-6-3-7-20-17/h2-7,12-13H,8-11H2,1H3,(H,21,24)/t13-/m0/s1. The van der Waals surface area contributed by atoms with Crippen molar-refractivity contribution in [1.29, 1.82) is 0 Å². The van der Waals surface area contributed by atoms with Crippen LogP contribution in [0.15, 0.2) is 42.7 Å². The van der Waals surface area contributed by atoms with Crippen molar-refractivity contribution in [3.63, 3.8) is 0 Å². The van der Waals surface area contributed by atoms with Gasteiger partial charge in [-0.15, -0.1) is 0 Å². The Morgan fingerprint density at radius 3 is 2.54 bits per heavy atom. The fourth-order valence-corrected chi connectivity index (χ4v) is 2.74. The van der Waals surface area contributed by atoms with Gasteiger partial charge in [-0.1, -0.05) is 6.07 Å². The van der Waals surface area contributed by atoms with Crippen LogP contribution in [0.4, 0.5) is 16.0 Å². The van der Waals surface area contributed by atoms with E-state index in [9.17, 15) is 9.18 Å². The molecule has 1 aliphatic heterocycles. The zero-order valence-electron chi connectivity index (χ0n) is 13.5. The molecule has 1 aromatic carbocycles. The molecule has 0 bridgehead atoms. The van der Waals surface area contributed by atoms with Crippen LogP contribution < -0.4 is 10.2 Å². The van der Waals surface area contributed by atoms with Gasteiger partial charge in [-0.25, -0.2) is 14.4 Å². The third kappa shape index (κ3) is 3.86. The van der Waals surface area contributed by atoms with Crippen LogP contribution in [0.25, 0.3) is 0 Å². The summed E-state index contributed by atoms with van der Waals surface area (Å²) in [6, 6.07) is 7.43. The van der Waals surface area contributed by atoms with Gasteiger partial charge >= 0.3 is 0 Å². The molecule has 0 aliphatic carbocycles. The monoisotopic (exact) mass is 329 g/mol. The van der Waals surface area contributed by atoms with Crippen LogP contribution in [-0.4, -0.2) is 53.0 Å². The second kappa shape index (κ2) is 7.35. The lowest BCUT2D eigenvalue weighted by Gasteiger charge is -2.37. The largest absolute Gasteiger partial charge is 0.338 e. The molecule has 126 valence electrons. The fraction of sp³-hybridized carbons (Fsp3) is 0.353. The van der Waals surface area contributed by atoms with Gasteiger partial charge in [0.05, 0.1) is 6.04 Å². The van der Waals surface area contributed by atoms with Crippen LogP contribution in [0.3, 0.4) is 0 Å². The maximum absolute atomic E-state index is 13.2. The van der Waals surface area contributed by atoms with Crippen molar-refractivity contribution in [2.24, 2.45) is 0 Å². The van der Waals surface area contributed by atoms with Gasteiger partial charge < -0.3 is 10.2 Å². The van der Waals surface area contributed by atoms with E-state index in [0.717, 1.165) is 26.2 Å². The Labute approximate surface area is 140 Å². The van der Waals surface area contributed by atoms with Crippen molar-refractivity contribution in [3.8, 4) is 0 Å². The number of nitrogens with one attached hydrogen (secondary N) is 1. The third-order valence-electron chi connectivity index (χ3n) is 4.17. The van der Waals surface area contributed by atoms with Crippen molar-refractivity contribution in [1.82, 2.24) is 14.9 Å². The molecule has 1 aromatic heterocycles. The highest BCUT2D eigenvalue weighted by atomic mass is 19.1. The summed E-state index contributed by atoms with van der Waals surface area (Å²) >= 11 is 0. The zero-order chi connectivity index (χ0) is 16.9. The number of anilines is 2. The molecule has 3 rings (SSSR count). The Bertz CT molecular complexity index is 688. The Balaban J connectivity index is 1.55. The molecule has 24 heavy (non-hydrogen) atoms. The molecule has 6 nitrogen and oxygen atoms in total. The van der Waals surface area contributed by atoms with Crippen molar-refractivity contribution >= 4 is 17.5 Å². The minimum Gasteiger partial charge on any atom is -0.338 e. The first-order valence-electron chi connectivity index (χ1n) is 7.96. The lowest BCUT2D eigenvalue weighted by atomic mass is 10.2. The summed E-state index contributed by atoms with van der Waals surface area (Å²) in [5.41, 5.74) is 0.475. The highest BCUT2D eigenvalue weighted by Gasteiger charge is 2.26. The number of piperazine rings is 1. The molecular formula is C17H20FN5O. The number of rotatable bonds is 4. The Morgan fingerprint density at radius 1 is 1.17 bits per heavy atom. The van der Waals surface area contributed by atoms with E-state index in [1.54, 1.807) is 30.6 Å². The van der Waals surface area contributed by atoms with Gasteiger partial charge in [-0.05, 0) is 31.2 Å². The number of hydrogen-bond donors (Lipinski definition) is 1. The summed E-state index contributed by atoms with van der Waals surface area (Å²) < 4.78 is 13.2. The third-order valence-corrected chi connectivity index (χ3v) is 4.17. The molecule has 1 atom stereocenters. The van der Waals surface area contributed by atoms with Crippen molar-refractivity contribution in [2.45, 2.75) is 13.0 Å². The first-order chi connectivity index (χ1) is 11.6. The number of aromatic nitrogens is 2. The molecule has 0 spiro atoms. The average molecular weight is 329 g/mol. The molecule has 0 saturated carbocycles. The second-order valence-corrected chi connectivity index (χ2v) is 5.75. The number of benzene rings is 1. The SMILES string of the molecule is C[C@@H](C(=O)Nc1cccc(F)c1)N1CCN(c2ncccn2)CC1. The number of amides is 1. The van der Waals surface area contributed by atoms with Gasteiger partial charge in [-0.2, -0.15) is 0 Å². The first-order valence-corrected chi connectivity index (χ1v) is 7.96. The van der Waals surface area contributed by atoms with E-state index < -0.39 is 0 Å². The van der Waals surface area contributed by atoms with Crippen LogP contribution in [0.5, 0.6) is 0 Å². The molecule has 1 N–H and O–H groups in total. The predicted octanol–water partition coefficient (Wildman–Crippen LogP) is 1.76. The quantitative estimate of drug-likeness (QED) is 0.926. The van der Waals surface area contributed by atoms with E-state index in [2.05, 4.69) is 25.1 Å². The highest BCUT2D eigenvalue weighted by molar-refractivity contribution is 5.94. The van der Waals surface area contributed by atoms with E-state index in [0.29, 0.717) is 11.6 Å². The van der Waals surface area contributed by atoms with E-state index in [1.165, 1.54) is 12.1 Å². The average Bonchev–Trinajstić information content (AvgIpc) is 2.62. The molecule has 7 heteroatoms. The molecule has 1 saturated heterocycles. The van der Waals surface area contributed by atoms with Gasteiger partial charge in [0.1, 0.15) is 5.82 Å². The van der Waals surface area contributed by atoms with Crippen molar-refractivity contribution in [3.05, 3.63) is 48.5 Å². The van der Waals surface area contributed by atoms with Gasteiger partial charge in [0, 0.05) is 44.3 Å². The zero-order valence-corrected chi connectivity index (χ0v) is 13.5. The first kappa shape index (κ1) is 16.3. The Hall–Kier alpha value is -2.54. The summed E-state index contributed by atoms with van der Waals surface area (Å²) in [7, 11) is 0. The summed E-state index contributed by atoms with van der Waals surface area (Å²) in [5.74, 6) is 0.218. The van der Waals surface area contributed by atoms with Gasteiger partial charge in [0.25, 0.3) is 0 Å². The molecule has 2 aromatic rings. The maximum atomic E-state index is 13.2. The predicted molar refractivity (Wildman–Crippen MR) is 90.3 cm³/mol. The lowest BCUT2D eigenvalue weighted by molar-refractivity contribution is -0.120. The fourth-order valence-electron chi connectivity index (χ4n) is 2.74. The van der Waals surface area contributed by atoms with E-state index >= 15 is 0 Å². The van der Waals surface area contributed by atoms with Gasteiger partial charge in [0.2, 0.25) is 11.9 Å². The molecule has 1 fully saturated rings. The number of nitrogens with zero attached hydrogens (tertiary/aromatic N) is 4. The van der Waals surface area contributed by atoms with Crippen LogP contribution in [0, 0.1) is 5.82 Å². The van der Waals surface area contributed by atoms with Gasteiger partial charge in [0.15, 0.2) is 0 Å². The van der Waals surface area contributed by atoms with Crippen LogP contribution in [0.2, 0.25) is 0 Å². The molecule has 0 radical (unpaired) electrons. The maximum Gasteiger partial charge on any atom is 0.241 e. The summed E-state index contributed by atoms with van der Waals surface area (Å²) in [4.78, 5) is 25.1. The number of hydrogen-bond acceptors (Lipinski definition) is 5. The summed E-state index contributed by atoms with van der Waals surface area (Å²) in [5, 5.41) is 2.76. The minimum atomic E-state index is -0.364. The molecular weight excluding hydrogens is 309 g/mol. The topological polar surface area (TPSA) is 61.4 Å². The van der Waals surface area contributed by atoms with Crippen molar-refractivity contribution < 1.29 is 9.18 Å². The Morgan fingerprint density at radius 2 is 1.88 bits per heavy atom. The van der Waals surface area contributed by atoms with Crippen LogP contribution in [0.1, 0.15) is 6.92 Å². The van der Waals surface area contributed by atoms with E-state index in [4.69, 9.17) is 0 Å². The molecule has 0 unspecified atom stereocenters. The van der Waals surface area contributed by atoms with E-state index in [1.807, 2.05) is 6.92 Å². The molecule has 1 aliphatic rings. The van der Waals surface area contributed by atoms with Crippen LogP contribution >= 0.6 is 0 Å². The molecule has 1 amide bonds. The van der Waals surface area contributed by atoms with Crippen molar-refractivity contribution in [2.75, 3.05) is 36.4 Å². The van der Waals surface area contributed by atoms with Gasteiger partial charge in [-0.3, -0.25) is 9.69 Å². The number of carbonyl (C=O) groups excluding carboxylic acids is 1. The minimum absolute atomic E-state index is 0.134. The molecule has 2 heterocycles. The van der Waals surface area contributed by atoms with E-state index in [-0.39, 0.29) is 17.8 Å². The smallest absolute Gasteiger partial charge is 0.241 e. The number of carbonyl (C=O) groups is 1. The second-order valence-electron chi connectivity index (χ2n) is 5.75. The summed E-state index contributed by atoms with van der Waals surface area (Å²) in [6.07, 6.45) is 3.45. The number of halogens is 1. The normalized spacial score (nSPS) is 16.7. The summed E-state index contributed by atoms with van der Waals surface area (Å²) in [6.45, 7) is 4.89.